The summed E-state index contributed by atoms with van der Waals surface area (Å²) in [6, 6.07) is 18.0. The Balaban J connectivity index is 1.85. The highest BCUT2D eigenvalue weighted by Crippen LogP contribution is 2.24. The first-order chi connectivity index (χ1) is 12.8. The standard InChI is InChI=1S/C23H30N2O2/c1-18(26)25(21-13-11-20(12-14-21)23(2,3)4)17-16-24-22(27)15-10-19-8-6-5-7-9-19/h5-9,11-14H,10,15-17H2,1-4H3,(H,24,27). The number of nitrogens with one attached hydrogen (secondary N) is 1. The summed E-state index contributed by atoms with van der Waals surface area (Å²) in [6.07, 6.45) is 1.17. The van der Waals surface area contributed by atoms with Crippen LogP contribution in [0.15, 0.2) is 54.6 Å². The lowest BCUT2D eigenvalue weighted by Gasteiger charge is -2.24. The van der Waals surface area contributed by atoms with Crippen molar-refractivity contribution in [3.8, 4) is 0 Å². The number of carbonyl (C=O) groups is 2. The van der Waals surface area contributed by atoms with Gasteiger partial charge in [-0.05, 0) is 35.1 Å². The normalized spacial score (nSPS) is 11.1. The minimum Gasteiger partial charge on any atom is -0.354 e. The zero-order valence-corrected chi connectivity index (χ0v) is 16.8. The summed E-state index contributed by atoms with van der Waals surface area (Å²) in [7, 11) is 0. The van der Waals surface area contributed by atoms with E-state index in [1.807, 2.05) is 42.5 Å². The smallest absolute Gasteiger partial charge is 0.223 e. The second kappa shape index (κ2) is 9.36. The summed E-state index contributed by atoms with van der Waals surface area (Å²) in [4.78, 5) is 25.8. The number of hydrogen-bond donors (Lipinski definition) is 1. The average Bonchev–Trinajstić information content (AvgIpc) is 2.63. The third kappa shape index (κ3) is 6.55. The highest BCUT2D eigenvalue weighted by Gasteiger charge is 2.16. The van der Waals surface area contributed by atoms with E-state index in [9.17, 15) is 9.59 Å². The average molecular weight is 367 g/mol. The van der Waals surface area contributed by atoms with Crippen molar-refractivity contribution in [3.63, 3.8) is 0 Å². The molecule has 0 aliphatic rings. The molecule has 0 saturated carbocycles. The molecule has 2 aromatic carbocycles. The van der Waals surface area contributed by atoms with Gasteiger partial charge in [0.05, 0.1) is 0 Å². The highest BCUT2D eigenvalue weighted by atomic mass is 16.2. The number of rotatable bonds is 7. The molecular formula is C23H30N2O2. The third-order valence-electron chi connectivity index (χ3n) is 4.57. The van der Waals surface area contributed by atoms with E-state index in [0.29, 0.717) is 19.5 Å². The third-order valence-corrected chi connectivity index (χ3v) is 4.57. The largest absolute Gasteiger partial charge is 0.354 e. The lowest BCUT2D eigenvalue weighted by atomic mass is 9.87. The van der Waals surface area contributed by atoms with Crippen molar-refractivity contribution in [1.29, 1.82) is 0 Å². The van der Waals surface area contributed by atoms with Crippen LogP contribution in [0.25, 0.3) is 0 Å². The van der Waals surface area contributed by atoms with Crippen LogP contribution in [0.5, 0.6) is 0 Å². The molecule has 0 aliphatic heterocycles. The lowest BCUT2D eigenvalue weighted by Crippen LogP contribution is -2.37. The Kier molecular flexibility index (Phi) is 7.17. The topological polar surface area (TPSA) is 49.4 Å². The van der Waals surface area contributed by atoms with Crippen LogP contribution in [0.3, 0.4) is 0 Å². The van der Waals surface area contributed by atoms with Gasteiger partial charge in [-0.1, -0.05) is 63.2 Å². The Labute approximate surface area is 162 Å². The minimum atomic E-state index is -0.0305. The number of carbonyl (C=O) groups excluding carboxylic acids is 2. The van der Waals surface area contributed by atoms with Gasteiger partial charge in [0.15, 0.2) is 0 Å². The van der Waals surface area contributed by atoms with Gasteiger partial charge in [-0.3, -0.25) is 9.59 Å². The maximum atomic E-state index is 12.0. The maximum Gasteiger partial charge on any atom is 0.223 e. The first-order valence-electron chi connectivity index (χ1n) is 9.46. The Hall–Kier alpha value is -2.62. The SMILES string of the molecule is CC(=O)N(CCNC(=O)CCc1ccccc1)c1ccc(C(C)(C)C)cc1. The molecule has 27 heavy (non-hydrogen) atoms. The fourth-order valence-electron chi connectivity index (χ4n) is 2.91. The molecule has 0 saturated heterocycles. The Morgan fingerprint density at radius 3 is 2.15 bits per heavy atom. The van der Waals surface area contributed by atoms with Crippen molar-refractivity contribution >= 4 is 17.5 Å². The van der Waals surface area contributed by atoms with Crippen molar-refractivity contribution in [2.75, 3.05) is 18.0 Å². The second-order valence-electron chi connectivity index (χ2n) is 7.80. The quantitative estimate of drug-likeness (QED) is 0.802. The molecule has 0 aliphatic carbocycles. The molecule has 0 spiro atoms. The highest BCUT2D eigenvalue weighted by molar-refractivity contribution is 5.91. The van der Waals surface area contributed by atoms with Gasteiger partial charge < -0.3 is 10.2 Å². The van der Waals surface area contributed by atoms with Crippen LogP contribution in [0.2, 0.25) is 0 Å². The van der Waals surface area contributed by atoms with Gasteiger partial charge in [0.25, 0.3) is 0 Å². The van der Waals surface area contributed by atoms with Crippen LogP contribution in [-0.4, -0.2) is 24.9 Å². The first kappa shape index (κ1) is 20.7. The van der Waals surface area contributed by atoms with Crippen LogP contribution in [-0.2, 0) is 21.4 Å². The number of amides is 2. The fourth-order valence-corrected chi connectivity index (χ4v) is 2.91. The first-order valence-corrected chi connectivity index (χ1v) is 9.46. The van der Waals surface area contributed by atoms with Crippen LogP contribution < -0.4 is 10.2 Å². The summed E-state index contributed by atoms with van der Waals surface area (Å²) < 4.78 is 0. The molecule has 0 radical (unpaired) electrons. The van der Waals surface area contributed by atoms with E-state index in [1.54, 1.807) is 11.8 Å². The maximum absolute atomic E-state index is 12.0. The summed E-state index contributed by atoms with van der Waals surface area (Å²) in [5.41, 5.74) is 3.31. The Bertz CT molecular complexity index is 746. The molecular weight excluding hydrogens is 336 g/mol. The van der Waals surface area contributed by atoms with Crippen molar-refractivity contribution < 1.29 is 9.59 Å². The molecule has 4 nitrogen and oxygen atoms in total. The van der Waals surface area contributed by atoms with Gasteiger partial charge in [-0.15, -0.1) is 0 Å². The van der Waals surface area contributed by atoms with E-state index < -0.39 is 0 Å². The molecule has 2 amide bonds. The zero-order valence-electron chi connectivity index (χ0n) is 16.8. The van der Waals surface area contributed by atoms with E-state index in [0.717, 1.165) is 17.7 Å². The predicted octanol–water partition coefficient (Wildman–Crippen LogP) is 4.09. The van der Waals surface area contributed by atoms with Crippen molar-refractivity contribution in [3.05, 3.63) is 65.7 Å². The molecule has 2 aromatic rings. The number of benzene rings is 2. The number of hydrogen-bond acceptors (Lipinski definition) is 2. The van der Waals surface area contributed by atoms with E-state index in [4.69, 9.17) is 0 Å². The lowest BCUT2D eigenvalue weighted by molar-refractivity contribution is -0.121. The molecule has 0 fully saturated rings. The van der Waals surface area contributed by atoms with Gasteiger partial charge in [-0.25, -0.2) is 0 Å². The van der Waals surface area contributed by atoms with Crippen LogP contribution in [0.1, 0.15) is 45.2 Å². The number of anilines is 1. The van der Waals surface area contributed by atoms with Gasteiger partial charge in [0, 0.05) is 32.1 Å². The zero-order chi connectivity index (χ0) is 19.9. The fraction of sp³-hybridized carbons (Fsp3) is 0.391. The van der Waals surface area contributed by atoms with Gasteiger partial charge in [0.2, 0.25) is 11.8 Å². The summed E-state index contributed by atoms with van der Waals surface area (Å²) in [5, 5.41) is 2.91. The molecule has 144 valence electrons. The molecule has 0 heterocycles. The van der Waals surface area contributed by atoms with Gasteiger partial charge in [-0.2, -0.15) is 0 Å². The van der Waals surface area contributed by atoms with E-state index >= 15 is 0 Å². The van der Waals surface area contributed by atoms with E-state index in [1.165, 1.54) is 5.56 Å². The van der Waals surface area contributed by atoms with E-state index in [2.05, 4.69) is 38.2 Å². The van der Waals surface area contributed by atoms with Crippen molar-refractivity contribution in [2.24, 2.45) is 0 Å². The minimum absolute atomic E-state index is 0.00503. The molecule has 0 atom stereocenters. The summed E-state index contributed by atoms with van der Waals surface area (Å²) in [6.45, 7) is 8.94. The van der Waals surface area contributed by atoms with Crippen molar-refractivity contribution in [1.82, 2.24) is 5.32 Å². The monoisotopic (exact) mass is 366 g/mol. The summed E-state index contributed by atoms with van der Waals surface area (Å²) >= 11 is 0. The molecule has 2 rings (SSSR count). The molecule has 0 aromatic heterocycles. The van der Waals surface area contributed by atoms with Crippen LogP contribution >= 0.6 is 0 Å². The molecule has 4 heteroatoms. The molecule has 1 N–H and O–H groups in total. The van der Waals surface area contributed by atoms with Crippen LogP contribution in [0, 0.1) is 0 Å². The van der Waals surface area contributed by atoms with Gasteiger partial charge in [0.1, 0.15) is 0 Å². The summed E-state index contributed by atoms with van der Waals surface area (Å²) in [5.74, 6) is -0.0255. The Morgan fingerprint density at radius 2 is 1.59 bits per heavy atom. The Morgan fingerprint density at radius 1 is 0.963 bits per heavy atom. The molecule has 0 unspecified atom stereocenters. The van der Waals surface area contributed by atoms with Crippen molar-refractivity contribution in [2.45, 2.75) is 46.0 Å². The molecule has 0 bridgehead atoms. The second-order valence-corrected chi connectivity index (χ2v) is 7.80. The predicted molar refractivity (Wildman–Crippen MR) is 111 cm³/mol. The van der Waals surface area contributed by atoms with Crippen LogP contribution in [0.4, 0.5) is 5.69 Å². The number of nitrogens with zero attached hydrogens (tertiary/aromatic N) is 1. The number of aryl methyl sites for hydroxylation is 1. The van der Waals surface area contributed by atoms with Gasteiger partial charge >= 0.3 is 0 Å². The van der Waals surface area contributed by atoms with E-state index in [-0.39, 0.29) is 17.2 Å².